The molecule has 0 fully saturated rings. The van der Waals surface area contributed by atoms with Crippen LogP contribution >= 0.6 is 39.1 Å². The molecule has 0 aliphatic rings. The van der Waals surface area contributed by atoms with Crippen LogP contribution in [-0.4, -0.2) is 32.2 Å². The highest BCUT2D eigenvalue weighted by molar-refractivity contribution is 9.10. The largest absolute Gasteiger partial charge is 0.495 e. The molecule has 3 aromatic rings. The number of amides is 2. The summed E-state index contributed by atoms with van der Waals surface area (Å²) < 4.78 is 17.1. The third-order valence-electron chi connectivity index (χ3n) is 4.52. The Kier molecular flexibility index (Phi) is 9.36. The van der Waals surface area contributed by atoms with Crippen molar-refractivity contribution in [3.63, 3.8) is 0 Å². The van der Waals surface area contributed by atoms with E-state index in [1.165, 1.54) is 26.5 Å². The maximum atomic E-state index is 12.2. The van der Waals surface area contributed by atoms with Crippen LogP contribution in [0.3, 0.4) is 0 Å². The maximum Gasteiger partial charge on any atom is 0.329 e. The highest BCUT2D eigenvalue weighted by atomic mass is 79.9. The van der Waals surface area contributed by atoms with Gasteiger partial charge in [-0.2, -0.15) is 5.10 Å². The number of hydrogen-bond acceptors (Lipinski definition) is 6. The number of ether oxygens (including phenoxy) is 3. The first-order chi connectivity index (χ1) is 16.8. The van der Waals surface area contributed by atoms with Crippen LogP contribution < -0.4 is 25.0 Å². The zero-order chi connectivity index (χ0) is 25.4. The number of hydrazone groups is 1. The molecule has 2 N–H and O–H groups in total. The fourth-order valence-electron chi connectivity index (χ4n) is 2.91. The van der Waals surface area contributed by atoms with Gasteiger partial charge in [-0.05, 0) is 69.5 Å². The predicted octanol–water partition coefficient (Wildman–Crippen LogP) is 5.44. The summed E-state index contributed by atoms with van der Waals surface area (Å²) >= 11 is 15.4. The molecule has 0 unspecified atom stereocenters. The molecule has 0 aromatic heterocycles. The standard InChI is InChI=1S/C24H20BrCl2N3O5/c1-33-20-7-6-17(27)11-19(20)29-23(31)24(32)30-28-12-15-9-18(25)22(21(10-15)34-2)35-13-14-4-3-5-16(26)8-14/h3-12H,13H2,1-2H3,(H,29,31)(H,30,32)/b28-12+. The van der Waals surface area contributed by atoms with E-state index in [4.69, 9.17) is 37.4 Å². The first kappa shape index (κ1) is 26.3. The van der Waals surface area contributed by atoms with Crippen molar-refractivity contribution >= 4 is 62.8 Å². The Bertz CT molecular complexity index is 1270. The van der Waals surface area contributed by atoms with E-state index in [1.54, 1.807) is 30.3 Å². The Hall–Kier alpha value is -3.27. The number of hydrogen-bond donors (Lipinski definition) is 2. The lowest BCUT2D eigenvalue weighted by atomic mass is 10.2. The lowest BCUT2D eigenvalue weighted by Gasteiger charge is -2.13. The van der Waals surface area contributed by atoms with Crippen LogP contribution in [0.15, 0.2) is 64.2 Å². The average Bonchev–Trinajstić information content (AvgIpc) is 2.83. The third-order valence-corrected chi connectivity index (χ3v) is 5.58. The van der Waals surface area contributed by atoms with Gasteiger partial charge in [-0.15, -0.1) is 0 Å². The molecule has 0 radical (unpaired) electrons. The number of carbonyl (C=O) groups is 2. The Morgan fingerprint density at radius 1 is 0.971 bits per heavy atom. The van der Waals surface area contributed by atoms with E-state index in [0.29, 0.717) is 37.3 Å². The predicted molar refractivity (Wildman–Crippen MR) is 139 cm³/mol. The van der Waals surface area contributed by atoms with Crippen LogP contribution in [0.5, 0.6) is 17.2 Å². The minimum atomic E-state index is -0.976. The van der Waals surface area contributed by atoms with Crippen LogP contribution in [0.25, 0.3) is 0 Å². The van der Waals surface area contributed by atoms with Gasteiger partial charge in [-0.3, -0.25) is 9.59 Å². The van der Waals surface area contributed by atoms with Gasteiger partial charge in [0.2, 0.25) is 0 Å². The molecule has 2 amide bonds. The van der Waals surface area contributed by atoms with E-state index in [9.17, 15) is 9.59 Å². The molecule has 3 rings (SSSR count). The van der Waals surface area contributed by atoms with Crippen LogP contribution in [-0.2, 0) is 16.2 Å². The molecule has 0 atom stereocenters. The smallest absolute Gasteiger partial charge is 0.329 e. The van der Waals surface area contributed by atoms with Gasteiger partial charge >= 0.3 is 11.8 Å². The Labute approximate surface area is 220 Å². The quantitative estimate of drug-likeness (QED) is 0.210. The van der Waals surface area contributed by atoms with E-state index in [2.05, 4.69) is 31.8 Å². The lowest BCUT2D eigenvalue weighted by molar-refractivity contribution is -0.136. The number of nitrogens with zero attached hydrogens (tertiary/aromatic N) is 1. The van der Waals surface area contributed by atoms with Crippen molar-refractivity contribution in [1.29, 1.82) is 0 Å². The number of methoxy groups -OCH3 is 2. The summed E-state index contributed by atoms with van der Waals surface area (Å²) in [6.07, 6.45) is 1.36. The Morgan fingerprint density at radius 2 is 1.71 bits per heavy atom. The Morgan fingerprint density at radius 3 is 2.43 bits per heavy atom. The first-order valence-electron chi connectivity index (χ1n) is 10.0. The number of anilines is 1. The number of carbonyl (C=O) groups excluding carboxylic acids is 2. The van der Waals surface area contributed by atoms with E-state index >= 15 is 0 Å². The fourth-order valence-corrected chi connectivity index (χ4v) is 3.87. The Balaban J connectivity index is 1.64. The van der Waals surface area contributed by atoms with Gasteiger partial charge in [-0.25, -0.2) is 5.43 Å². The van der Waals surface area contributed by atoms with Crippen molar-refractivity contribution < 1.29 is 23.8 Å². The van der Waals surface area contributed by atoms with Crippen LogP contribution in [0.2, 0.25) is 10.0 Å². The lowest BCUT2D eigenvalue weighted by Crippen LogP contribution is -2.32. The van der Waals surface area contributed by atoms with Crippen molar-refractivity contribution in [1.82, 2.24) is 5.43 Å². The van der Waals surface area contributed by atoms with Crippen molar-refractivity contribution in [2.45, 2.75) is 6.61 Å². The van der Waals surface area contributed by atoms with Crippen molar-refractivity contribution in [3.05, 3.63) is 80.2 Å². The molecule has 0 bridgehead atoms. The fraction of sp³-hybridized carbons (Fsp3) is 0.125. The minimum Gasteiger partial charge on any atom is -0.495 e. The molecular formula is C24H20BrCl2N3O5. The first-order valence-corrected chi connectivity index (χ1v) is 11.6. The average molecular weight is 581 g/mol. The molecule has 3 aromatic carbocycles. The second kappa shape index (κ2) is 12.4. The highest BCUT2D eigenvalue weighted by Crippen LogP contribution is 2.37. The highest BCUT2D eigenvalue weighted by Gasteiger charge is 2.16. The molecule has 8 nitrogen and oxygen atoms in total. The zero-order valence-corrected chi connectivity index (χ0v) is 21.7. The van der Waals surface area contributed by atoms with E-state index in [-0.39, 0.29) is 12.3 Å². The maximum absolute atomic E-state index is 12.2. The summed E-state index contributed by atoms with van der Waals surface area (Å²) in [6, 6.07) is 15.4. The molecule has 35 heavy (non-hydrogen) atoms. The van der Waals surface area contributed by atoms with Crippen molar-refractivity contribution in [2.75, 3.05) is 19.5 Å². The summed E-state index contributed by atoms with van der Waals surface area (Å²) in [5.41, 5.74) is 3.91. The zero-order valence-electron chi connectivity index (χ0n) is 18.6. The third kappa shape index (κ3) is 7.35. The van der Waals surface area contributed by atoms with E-state index in [1.807, 2.05) is 18.2 Å². The van der Waals surface area contributed by atoms with Gasteiger partial charge in [-0.1, -0.05) is 35.3 Å². The van der Waals surface area contributed by atoms with Crippen LogP contribution in [0, 0.1) is 0 Å². The molecule has 0 aliphatic carbocycles. The summed E-state index contributed by atoms with van der Waals surface area (Å²) in [7, 11) is 2.94. The monoisotopic (exact) mass is 579 g/mol. The van der Waals surface area contributed by atoms with E-state index < -0.39 is 11.8 Å². The molecule has 0 saturated heterocycles. The SMILES string of the molecule is COc1ccc(Cl)cc1NC(=O)C(=O)N/N=C/c1cc(Br)c(OCc2cccc(Cl)c2)c(OC)c1. The van der Waals surface area contributed by atoms with Crippen LogP contribution in [0.1, 0.15) is 11.1 Å². The van der Waals surface area contributed by atoms with Gasteiger partial charge < -0.3 is 19.5 Å². The van der Waals surface area contributed by atoms with E-state index in [0.717, 1.165) is 5.56 Å². The minimum absolute atomic E-state index is 0.256. The van der Waals surface area contributed by atoms with Crippen molar-refractivity contribution in [3.8, 4) is 17.2 Å². The van der Waals surface area contributed by atoms with Gasteiger partial charge in [0.05, 0.1) is 30.6 Å². The topological polar surface area (TPSA) is 98.2 Å². The second-order valence-electron chi connectivity index (χ2n) is 6.95. The second-order valence-corrected chi connectivity index (χ2v) is 8.68. The summed E-state index contributed by atoms with van der Waals surface area (Å²) in [6.45, 7) is 0.283. The molecule has 0 saturated carbocycles. The summed E-state index contributed by atoms with van der Waals surface area (Å²) in [4.78, 5) is 24.3. The van der Waals surface area contributed by atoms with Gasteiger partial charge in [0.15, 0.2) is 11.5 Å². The number of halogens is 3. The van der Waals surface area contributed by atoms with Gasteiger partial charge in [0.1, 0.15) is 12.4 Å². The van der Waals surface area contributed by atoms with Gasteiger partial charge in [0.25, 0.3) is 0 Å². The molecule has 182 valence electrons. The molecule has 0 spiro atoms. The van der Waals surface area contributed by atoms with Crippen molar-refractivity contribution in [2.24, 2.45) is 5.10 Å². The number of benzene rings is 3. The summed E-state index contributed by atoms with van der Waals surface area (Å²) in [5.74, 6) is -0.626. The van der Waals surface area contributed by atoms with Crippen LogP contribution in [0.4, 0.5) is 5.69 Å². The number of rotatable bonds is 8. The molecular weight excluding hydrogens is 561 g/mol. The summed E-state index contributed by atoms with van der Waals surface area (Å²) in [5, 5.41) is 7.26. The number of nitrogens with one attached hydrogen (secondary N) is 2. The normalized spacial score (nSPS) is 10.7. The molecule has 0 heterocycles. The molecule has 0 aliphatic heterocycles. The molecule has 11 heteroatoms. The van der Waals surface area contributed by atoms with Gasteiger partial charge in [0, 0.05) is 10.0 Å².